The number of halogens is 1. The maximum Gasteiger partial charge on any atom is 0.254 e. The van der Waals surface area contributed by atoms with Crippen LogP contribution >= 0.6 is 22.6 Å². The summed E-state index contributed by atoms with van der Waals surface area (Å²) in [6, 6.07) is 5.35. The summed E-state index contributed by atoms with van der Waals surface area (Å²) in [5.74, 6) is 0.547. The molecule has 2 atom stereocenters. The number of nitrogens with two attached hydrogens (primary N) is 1. The van der Waals surface area contributed by atoms with Crippen molar-refractivity contribution in [3.8, 4) is 5.75 Å². The average Bonchev–Trinajstić information content (AvgIpc) is 2.51. The summed E-state index contributed by atoms with van der Waals surface area (Å²) in [6.45, 7) is 3.31. The molecule has 0 aliphatic heterocycles. The van der Waals surface area contributed by atoms with Crippen LogP contribution in [0, 0.1) is 9.49 Å². The maximum absolute atomic E-state index is 12.8. The normalized spacial score (nSPS) is 22.0. The molecule has 0 spiro atoms. The van der Waals surface area contributed by atoms with E-state index in [1.54, 1.807) is 18.2 Å². The minimum Gasteiger partial charge on any atom is -0.507 e. The average molecular weight is 402 g/mol. The van der Waals surface area contributed by atoms with Gasteiger partial charge in [0.2, 0.25) is 0 Å². The van der Waals surface area contributed by atoms with E-state index in [9.17, 15) is 9.90 Å². The summed E-state index contributed by atoms with van der Waals surface area (Å²) in [4.78, 5) is 14.7. The minimum atomic E-state index is -0.00505. The molecule has 0 radical (unpaired) electrons. The highest BCUT2D eigenvalue weighted by atomic mass is 127. The standard InChI is InChI=1S/C16H23IN2O2/c1-2-19(14-6-4-3-5-12(14)10-18)16(21)11-7-8-13(17)15(20)9-11/h7-9,12,14,20H,2-6,10,18H2,1H3. The number of rotatable bonds is 4. The van der Waals surface area contributed by atoms with Gasteiger partial charge in [0.05, 0.1) is 3.57 Å². The molecule has 2 rings (SSSR count). The topological polar surface area (TPSA) is 66.6 Å². The van der Waals surface area contributed by atoms with Crippen molar-refractivity contribution >= 4 is 28.5 Å². The number of phenols is 1. The highest BCUT2D eigenvalue weighted by Crippen LogP contribution is 2.29. The molecule has 1 aliphatic carbocycles. The van der Waals surface area contributed by atoms with Gasteiger partial charge in [-0.2, -0.15) is 0 Å². The van der Waals surface area contributed by atoms with Gasteiger partial charge < -0.3 is 15.7 Å². The number of amides is 1. The Kier molecular flexibility index (Phi) is 5.87. The van der Waals surface area contributed by atoms with Gasteiger partial charge in [-0.1, -0.05) is 12.8 Å². The van der Waals surface area contributed by atoms with E-state index in [0.717, 1.165) is 22.8 Å². The first kappa shape index (κ1) is 16.5. The first-order valence-corrected chi connectivity index (χ1v) is 8.65. The molecule has 1 aromatic carbocycles. The molecule has 5 heteroatoms. The monoisotopic (exact) mass is 402 g/mol. The molecule has 1 saturated carbocycles. The van der Waals surface area contributed by atoms with Gasteiger partial charge in [0.25, 0.3) is 5.91 Å². The zero-order valence-corrected chi connectivity index (χ0v) is 14.5. The third kappa shape index (κ3) is 3.69. The Labute approximate surface area is 139 Å². The van der Waals surface area contributed by atoms with E-state index in [-0.39, 0.29) is 17.7 Å². The fourth-order valence-electron chi connectivity index (χ4n) is 3.21. The Morgan fingerprint density at radius 1 is 1.43 bits per heavy atom. The van der Waals surface area contributed by atoms with Crippen LogP contribution in [-0.2, 0) is 0 Å². The van der Waals surface area contributed by atoms with E-state index in [1.807, 2.05) is 11.8 Å². The van der Waals surface area contributed by atoms with Crippen molar-refractivity contribution in [1.82, 2.24) is 4.90 Å². The van der Waals surface area contributed by atoms with Crippen molar-refractivity contribution in [1.29, 1.82) is 0 Å². The number of hydrogen-bond donors (Lipinski definition) is 2. The second kappa shape index (κ2) is 7.45. The maximum atomic E-state index is 12.8. The smallest absolute Gasteiger partial charge is 0.254 e. The van der Waals surface area contributed by atoms with Gasteiger partial charge in [0, 0.05) is 18.2 Å². The lowest BCUT2D eigenvalue weighted by atomic mass is 9.83. The molecule has 0 heterocycles. The lowest BCUT2D eigenvalue weighted by Gasteiger charge is -2.39. The summed E-state index contributed by atoms with van der Waals surface area (Å²) < 4.78 is 0.754. The minimum absolute atomic E-state index is 0.00505. The molecular formula is C16H23IN2O2. The van der Waals surface area contributed by atoms with Crippen LogP contribution in [0.3, 0.4) is 0 Å². The number of aromatic hydroxyl groups is 1. The predicted molar refractivity (Wildman–Crippen MR) is 92.3 cm³/mol. The molecule has 1 amide bonds. The Morgan fingerprint density at radius 3 is 2.76 bits per heavy atom. The number of hydrogen-bond acceptors (Lipinski definition) is 3. The second-order valence-corrected chi connectivity index (χ2v) is 6.77. The SMILES string of the molecule is CCN(C(=O)c1ccc(I)c(O)c1)C1CCCCC1CN. The Morgan fingerprint density at radius 2 is 2.14 bits per heavy atom. The van der Waals surface area contributed by atoms with E-state index >= 15 is 0 Å². The molecule has 0 bridgehead atoms. The van der Waals surface area contributed by atoms with Crippen molar-refractivity contribution < 1.29 is 9.90 Å². The molecule has 116 valence electrons. The van der Waals surface area contributed by atoms with E-state index < -0.39 is 0 Å². The van der Waals surface area contributed by atoms with Crippen LogP contribution in [0.25, 0.3) is 0 Å². The summed E-state index contributed by atoms with van der Waals surface area (Å²) in [5.41, 5.74) is 6.44. The summed E-state index contributed by atoms with van der Waals surface area (Å²) in [7, 11) is 0. The molecule has 4 nitrogen and oxygen atoms in total. The molecular weight excluding hydrogens is 379 g/mol. The third-order valence-electron chi connectivity index (χ3n) is 4.37. The Bertz CT molecular complexity index is 507. The van der Waals surface area contributed by atoms with Crippen LogP contribution < -0.4 is 5.73 Å². The van der Waals surface area contributed by atoms with Gasteiger partial charge in [-0.3, -0.25) is 4.79 Å². The number of phenolic OH excluding ortho intramolecular Hbond substituents is 1. The fourth-order valence-corrected chi connectivity index (χ4v) is 3.55. The largest absolute Gasteiger partial charge is 0.507 e. The van der Waals surface area contributed by atoms with Gasteiger partial charge in [0.1, 0.15) is 5.75 Å². The van der Waals surface area contributed by atoms with E-state index in [2.05, 4.69) is 22.6 Å². The summed E-state index contributed by atoms with van der Waals surface area (Å²) in [6.07, 6.45) is 4.48. The lowest BCUT2D eigenvalue weighted by molar-refractivity contribution is 0.0559. The molecule has 21 heavy (non-hydrogen) atoms. The van der Waals surface area contributed by atoms with Gasteiger partial charge in [0.15, 0.2) is 0 Å². The zero-order chi connectivity index (χ0) is 15.4. The van der Waals surface area contributed by atoms with Gasteiger partial charge in [-0.15, -0.1) is 0 Å². The van der Waals surface area contributed by atoms with Crippen LogP contribution in [0.1, 0.15) is 43.0 Å². The lowest BCUT2D eigenvalue weighted by Crippen LogP contribution is -2.48. The highest BCUT2D eigenvalue weighted by Gasteiger charge is 2.31. The van der Waals surface area contributed by atoms with Gasteiger partial charge in [-0.25, -0.2) is 0 Å². The quantitative estimate of drug-likeness (QED) is 0.762. The van der Waals surface area contributed by atoms with Crippen molar-refractivity contribution in [3.05, 3.63) is 27.3 Å². The van der Waals surface area contributed by atoms with Crippen LogP contribution in [0.15, 0.2) is 18.2 Å². The van der Waals surface area contributed by atoms with Crippen LogP contribution in [-0.4, -0.2) is 35.0 Å². The first-order valence-electron chi connectivity index (χ1n) is 7.58. The summed E-state index contributed by atoms with van der Waals surface area (Å²) in [5, 5.41) is 9.81. The van der Waals surface area contributed by atoms with Crippen molar-refractivity contribution in [2.24, 2.45) is 11.7 Å². The third-order valence-corrected chi connectivity index (χ3v) is 5.28. The Hall–Kier alpha value is -0.820. The molecule has 0 saturated heterocycles. The van der Waals surface area contributed by atoms with Crippen LogP contribution in [0.4, 0.5) is 0 Å². The van der Waals surface area contributed by atoms with Crippen molar-refractivity contribution in [2.75, 3.05) is 13.1 Å². The molecule has 1 aromatic rings. The number of carbonyl (C=O) groups excluding carboxylic acids is 1. The van der Waals surface area contributed by atoms with Crippen molar-refractivity contribution in [2.45, 2.75) is 38.6 Å². The second-order valence-electron chi connectivity index (χ2n) is 5.60. The van der Waals surface area contributed by atoms with Crippen LogP contribution in [0.2, 0.25) is 0 Å². The van der Waals surface area contributed by atoms with E-state index in [0.29, 0.717) is 24.6 Å². The molecule has 1 fully saturated rings. The van der Waals surface area contributed by atoms with E-state index in [4.69, 9.17) is 5.73 Å². The Balaban J connectivity index is 2.22. The predicted octanol–water partition coefficient (Wildman–Crippen LogP) is 2.98. The number of benzene rings is 1. The molecule has 2 unspecified atom stereocenters. The zero-order valence-electron chi connectivity index (χ0n) is 12.4. The molecule has 1 aliphatic rings. The van der Waals surface area contributed by atoms with E-state index in [1.165, 1.54) is 6.42 Å². The van der Waals surface area contributed by atoms with Gasteiger partial charge in [-0.05, 0) is 73.0 Å². The molecule has 3 N–H and O–H groups in total. The van der Waals surface area contributed by atoms with Crippen molar-refractivity contribution in [3.63, 3.8) is 0 Å². The summed E-state index contributed by atoms with van der Waals surface area (Å²) >= 11 is 2.05. The van der Waals surface area contributed by atoms with Crippen LogP contribution in [0.5, 0.6) is 5.75 Å². The fraction of sp³-hybridized carbons (Fsp3) is 0.562. The molecule has 0 aromatic heterocycles. The first-order chi connectivity index (χ1) is 10.1. The number of nitrogens with zero attached hydrogens (tertiary/aromatic N) is 1. The highest BCUT2D eigenvalue weighted by molar-refractivity contribution is 14.1. The number of carbonyl (C=O) groups is 1. The van der Waals surface area contributed by atoms with Gasteiger partial charge >= 0.3 is 0 Å².